The zero-order valence-electron chi connectivity index (χ0n) is 23.2. The number of thiophene rings is 1. The van der Waals surface area contributed by atoms with Crippen LogP contribution < -0.4 is 10.6 Å². The second-order valence-electron chi connectivity index (χ2n) is 11.7. The molecule has 0 aromatic carbocycles. The number of ether oxygens (including phenoxy) is 1. The van der Waals surface area contributed by atoms with Crippen molar-refractivity contribution >= 4 is 53.4 Å². The van der Waals surface area contributed by atoms with Crippen LogP contribution in [0.4, 0.5) is 10.6 Å². The maximum Gasteiger partial charge on any atom is 0.407 e. The Morgan fingerprint density at radius 1 is 1.22 bits per heavy atom. The van der Waals surface area contributed by atoms with Crippen molar-refractivity contribution in [3.8, 4) is 0 Å². The van der Waals surface area contributed by atoms with Crippen molar-refractivity contribution < 1.29 is 18.4 Å². The fourth-order valence-corrected chi connectivity index (χ4v) is 5.89. The molecule has 2 N–H and O–H groups in total. The normalized spacial score (nSPS) is 13.6. The largest absolute Gasteiger partial charge is 0.467 e. The first kappa shape index (κ1) is 29.4. The molecule has 3 aromatic rings. The third kappa shape index (κ3) is 7.92. The molecule has 0 aliphatic heterocycles. The number of hydrogen-bond acceptors (Lipinski definition) is 8. The summed E-state index contributed by atoms with van der Waals surface area (Å²) in [5, 5.41) is 6.58. The highest BCUT2D eigenvalue weighted by atomic mass is 35.5. The molecular formula is C26H39ClN4O4SSi. The van der Waals surface area contributed by atoms with Gasteiger partial charge in [-0.15, -0.1) is 11.3 Å². The van der Waals surface area contributed by atoms with Crippen LogP contribution in [0.2, 0.25) is 23.4 Å². The monoisotopic (exact) mass is 566 g/mol. The minimum absolute atomic E-state index is 0.0535. The molecule has 0 fully saturated rings. The van der Waals surface area contributed by atoms with Gasteiger partial charge in [-0.25, -0.2) is 9.78 Å². The number of anilines is 1. The van der Waals surface area contributed by atoms with E-state index in [0.29, 0.717) is 25.4 Å². The van der Waals surface area contributed by atoms with Crippen molar-refractivity contribution in [1.82, 2.24) is 15.3 Å². The summed E-state index contributed by atoms with van der Waals surface area (Å²) >= 11 is 7.87. The van der Waals surface area contributed by atoms with E-state index in [0.717, 1.165) is 26.4 Å². The molecule has 0 aliphatic rings. The highest BCUT2D eigenvalue weighted by Crippen LogP contribution is 2.38. The molecule has 0 bridgehead atoms. The van der Waals surface area contributed by atoms with Crippen molar-refractivity contribution in [2.24, 2.45) is 0 Å². The van der Waals surface area contributed by atoms with Crippen LogP contribution in [0.5, 0.6) is 0 Å². The average molecular weight is 567 g/mol. The van der Waals surface area contributed by atoms with Gasteiger partial charge in [0.25, 0.3) is 0 Å². The zero-order valence-corrected chi connectivity index (χ0v) is 25.8. The molecule has 1 atom stereocenters. The van der Waals surface area contributed by atoms with E-state index in [4.69, 9.17) is 25.2 Å². The van der Waals surface area contributed by atoms with Crippen molar-refractivity contribution in [1.29, 1.82) is 0 Å². The number of rotatable bonds is 9. The zero-order chi connectivity index (χ0) is 27.6. The smallest absolute Gasteiger partial charge is 0.407 e. The number of amides is 1. The summed E-state index contributed by atoms with van der Waals surface area (Å²) in [7, 11) is -2.03. The Hall–Kier alpha value is -2.14. The van der Waals surface area contributed by atoms with Crippen LogP contribution in [0, 0.1) is 6.92 Å². The molecule has 3 rings (SSSR count). The average Bonchev–Trinajstić information content (AvgIpc) is 3.37. The van der Waals surface area contributed by atoms with Crippen LogP contribution >= 0.6 is 22.9 Å². The van der Waals surface area contributed by atoms with E-state index < -0.39 is 20.0 Å². The van der Waals surface area contributed by atoms with Crippen LogP contribution in [-0.2, 0) is 22.1 Å². The van der Waals surface area contributed by atoms with Crippen molar-refractivity contribution in [2.45, 2.75) is 91.2 Å². The number of hydrogen-bond donors (Lipinski definition) is 2. The highest BCUT2D eigenvalue weighted by molar-refractivity contribution is 7.19. The van der Waals surface area contributed by atoms with Crippen LogP contribution in [0.15, 0.2) is 22.8 Å². The lowest BCUT2D eigenvalue weighted by Gasteiger charge is -2.37. The molecule has 8 nitrogen and oxygen atoms in total. The summed E-state index contributed by atoms with van der Waals surface area (Å²) in [5.74, 6) is 1.45. The van der Waals surface area contributed by atoms with E-state index in [2.05, 4.69) is 54.5 Å². The fraction of sp³-hybridized carbons (Fsp3) is 0.577. The number of aryl methyl sites for hydroxylation is 1. The maximum atomic E-state index is 12.7. The summed E-state index contributed by atoms with van der Waals surface area (Å²) in [5.41, 5.74) is 1.21. The predicted octanol–water partition coefficient (Wildman–Crippen LogP) is 7.32. The third-order valence-electron chi connectivity index (χ3n) is 6.45. The van der Waals surface area contributed by atoms with Crippen LogP contribution in [0.25, 0.3) is 10.2 Å². The number of furan rings is 1. The summed E-state index contributed by atoms with van der Waals surface area (Å²) in [4.78, 5) is 22.7. The van der Waals surface area contributed by atoms with Gasteiger partial charge in [-0.3, -0.25) is 0 Å². The Bertz CT molecular complexity index is 1220. The SMILES string of the molecule is Cc1c(CC(CO[Si](C)(C)C(C)(C)C)NC(=O)OC(C)(C)C)sc2c(NCc3ccco3)nc(Cl)nc12. The Balaban J connectivity index is 1.87. The fourth-order valence-electron chi connectivity index (χ4n) is 3.38. The van der Waals surface area contributed by atoms with Gasteiger partial charge in [0.15, 0.2) is 8.32 Å². The minimum atomic E-state index is -2.03. The number of nitrogens with zero attached hydrogens (tertiary/aromatic N) is 2. The summed E-state index contributed by atoms with van der Waals surface area (Å²) < 4.78 is 18.4. The Labute approximate surface area is 229 Å². The molecule has 0 saturated heterocycles. The second-order valence-corrected chi connectivity index (χ2v) is 18.0. The number of aromatic nitrogens is 2. The molecule has 0 aliphatic carbocycles. The summed E-state index contributed by atoms with van der Waals surface area (Å²) in [6.07, 6.45) is 1.74. The van der Waals surface area contributed by atoms with E-state index in [-0.39, 0.29) is 16.4 Å². The molecule has 3 heterocycles. The quantitative estimate of drug-likeness (QED) is 0.207. The molecule has 204 valence electrons. The minimum Gasteiger partial charge on any atom is -0.467 e. The topological polar surface area (TPSA) is 98.5 Å². The van der Waals surface area contributed by atoms with E-state index in [1.165, 1.54) is 0 Å². The van der Waals surface area contributed by atoms with Crippen LogP contribution in [-0.4, -0.2) is 42.6 Å². The number of carbonyl (C=O) groups is 1. The first-order chi connectivity index (χ1) is 17.1. The molecule has 1 amide bonds. The van der Waals surface area contributed by atoms with Gasteiger partial charge in [0.05, 0.1) is 35.7 Å². The molecule has 0 radical (unpaired) electrons. The molecule has 3 aromatic heterocycles. The Morgan fingerprint density at radius 2 is 1.92 bits per heavy atom. The molecule has 1 unspecified atom stereocenters. The lowest BCUT2D eigenvalue weighted by molar-refractivity contribution is 0.0485. The van der Waals surface area contributed by atoms with E-state index in [1.54, 1.807) is 17.6 Å². The highest BCUT2D eigenvalue weighted by Gasteiger charge is 2.38. The number of alkyl carbamates (subject to hydrolysis) is 1. The van der Waals surface area contributed by atoms with Gasteiger partial charge in [-0.2, -0.15) is 4.98 Å². The summed E-state index contributed by atoms with van der Waals surface area (Å²) in [6, 6.07) is 3.46. The Morgan fingerprint density at radius 3 is 2.51 bits per heavy atom. The first-order valence-electron chi connectivity index (χ1n) is 12.4. The van der Waals surface area contributed by atoms with Gasteiger partial charge in [0, 0.05) is 11.3 Å². The molecule has 37 heavy (non-hydrogen) atoms. The maximum absolute atomic E-state index is 12.7. The Kier molecular flexibility index (Phi) is 8.99. The van der Waals surface area contributed by atoms with Crippen molar-refractivity contribution in [2.75, 3.05) is 11.9 Å². The van der Waals surface area contributed by atoms with Gasteiger partial charge < -0.3 is 24.2 Å². The van der Waals surface area contributed by atoms with Gasteiger partial charge in [-0.05, 0) is 75.1 Å². The summed E-state index contributed by atoms with van der Waals surface area (Å²) in [6.45, 7) is 19.4. The standard InChI is InChI=1S/C26H39ClN4O4SSi/c1-16-19(36-21-20(16)30-23(27)31-22(21)28-14-18-11-10-12-33-18)13-17(29-24(32)35-25(2,3)4)15-34-37(8,9)26(5,6)7/h10-12,17H,13-15H2,1-9H3,(H,29,32)(H,28,30,31). The lowest BCUT2D eigenvalue weighted by Crippen LogP contribution is -2.48. The van der Waals surface area contributed by atoms with E-state index >= 15 is 0 Å². The molecule has 0 spiro atoms. The van der Waals surface area contributed by atoms with Crippen LogP contribution in [0.3, 0.4) is 0 Å². The first-order valence-corrected chi connectivity index (χ1v) is 16.5. The van der Waals surface area contributed by atoms with Crippen LogP contribution in [0.1, 0.15) is 57.7 Å². The number of nitrogens with one attached hydrogen (secondary N) is 2. The van der Waals surface area contributed by atoms with Gasteiger partial charge in [-0.1, -0.05) is 20.8 Å². The lowest BCUT2D eigenvalue weighted by atomic mass is 10.1. The molecule has 11 heteroatoms. The second kappa shape index (κ2) is 11.3. The van der Waals surface area contributed by atoms with Gasteiger partial charge in [0.2, 0.25) is 5.28 Å². The van der Waals surface area contributed by atoms with Crippen molar-refractivity contribution in [3.63, 3.8) is 0 Å². The number of carbonyl (C=O) groups excluding carboxylic acids is 1. The number of fused-ring (bicyclic) bond motifs is 1. The van der Waals surface area contributed by atoms with Gasteiger partial charge in [0.1, 0.15) is 17.2 Å². The molecular weight excluding hydrogens is 528 g/mol. The number of halogens is 1. The third-order valence-corrected chi connectivity index (χ3v) is 12.4. The van der Waals surface area contributed by atoms with Gasteiger partial charge >= 0.3 is 6.09 Å². The van der Waals surface area contributed by atoms with E-state index in [1.807, 2.05) is 39.8 Å². The van der Waals surface area contributed by atoms with Crippen molar-refractivity contribution in [3.05, 3.63) is 39.9 Å². The predicted molar refractivity (Wildman–Crippen MR) is 153 cm³/mol. The molecule has 0 saturated carbocycles. The van der Waals surface area contributed by atoms with E-state index in [9.17, 15) is 4.79 Å².